The fourth-order valence-corrected chi connectivity index (χ4v) is 1.99. The fraction of sp³-hybridized carbons (Fsp3) is 0.0667. The highest BCUT2D eigenvalue weighted by atomic mass is 19.1. The van der Waals surface area contributed by atoms with Crippen LogP contribution in [0.5, 0.6) is 5.75 Å². The summed E-state index contributed by atoms with van der Waals surface area (Å²) < 4.78 is 31.2. The van der Waals surface area contributed by atoms with Crippen molar-refractivity contribution >= 4 is 22.6 Å². The van der Waals surface area contributed by atoms with Crippen LogP contribution in [0.2, 0.25) is 0 Å². The van der Waals surface area contributed by atoms with Crippen LogP contribution in [0.4, 0.5) is 14.5 Å². The summed E-state index contributed by atoms with van der Waals surface area (Å²) in [6.45, 7) is -0.399. The number of para-hydroxylation sites is 1. The lowest BCUT2D eigenvalue weighted by Gasteiger charge is -2.08. The van der Waals surface area contributed by atoms with Gasteiger partial charge in [-0.05, 0) is 24.3 Å². The molecule has 0 bridgehead atoms. The number of fused-ring (bicyclic) bond motifs is 1. The Kier molecular flexibility index (Phi) is 3.69. The molecule has 0 atom stereocenters. The standard InChI is InChI=1S/C15H11F2N3O2/c16-9-4-5-13(10(17)6-9)22-7-14(21)20-12-3-1-2-11-15(12)19-8-18-11/h1-6,8H,7H2,(H,18,19)(H,20,21). The number of carbonyl (C=O) groups is 1. The van der Waals surface area contributed by atoms with Gasteiger partial charge in [-0.25, -0.2) is 13.8 Å². The molecule has 0 aliphatic rings. The van der Waals surface area contributed by atoms with Gasteiger partial charge >= 0.3 is 0 Å². The number of halogens is 2. The normalized spacial score (nSPS) is 10.6. The van der Waals surface area contributed by atoms with Gasteiger partial charge < -0.3 is 15.0 Å². The lowest BCUT2D eigenvalue weighted by molar-refractivity contribution is -0.118. The number of H-pyrrole nitrogens is 1. The third-order valence-electron chi connectivity index (χ3n) is 2.98. The molecule has 0 unspecified atom stereocenters. The number of aromatic nitrogens is 2. The summed E-state index contributed by atoms with van der Waals surface area (Å²) in [5, 5.41) is 2.63. The van der Waals surface area contributed by atoms with E-state index in [0.717, 1.165) is 17.6 Å². The van der Waals surface area contributed by atoms with Gasteiger partial charge in [0.25, 0.3) is 5.91 Å². The van der Waals surface area contributed by atoms with Crippen LogP contribution in [-0.2, 0) is 4.79 Å². The van der Waals surface area contributed by atoms with Crippen molar-refractivity contribution in [1.29, 1.82) is 0 Å². The Balaban J connectivity index is 1.66. The van der Waals surface area contributed by atoms with Crippen LogP contribution in [0, 0.1) is 11.6 Å². The molecule has 5 nitrogen and oxygen atoms in total. The Morgan fingerprint density at radius 2 is 2.14 bits per heavy atom. The SMILES string of the molecule is O=C(COc1ccc(F)cc1F)Nc1cccc2[nH]cnc12. The fourth-order valence-electron chi connectivity index (χ4n) is 1.99. The number of amides is 1. The van der Waals surface area contributed by atoms with Crippen LogP contribution in [0.25, 0.3) is 11.0 Å². The van der Waals surface area contributed by atoms with Crippen LogP contribution in [-0.4, -0.2) is 22.5 Å². The van der Waals surface area contributed by atoms with E-state index in [1.807, 2.05) is 6.07 Å². The Labute approximate surface area is 123 Å². The molecular weight excluding hydrogens is 292 g/mol. The molecule has 22 heavy (non-hydrogen) atoms. The number of hydrogen-bond acceptors (Lipinski definition) is 3. The van der Waals surface area contributed by atoms with Crippen LogP contribution in [0.15, 0.2) is 42.7 Å². The minimum atomic E-state index is -0.859. The zero-order chi connectivity index (χ0) is 15.5. The highest BCUT2D eigenvalue weighted by Crippen LogP contribution is 2.20. The molecule has 0 radical (unpaired) electrons. The molecule has 3 aromatic rings. The van der Waals surface area contributed by atoms with E-state index in [0.29, 0.717) is 17.3 Å². The smallest absolute Gasteiger partial charge is 0.262 e. The molecule has 1 aromatic heterocycles. The van der Waals surface area contributed by atoms with Crippen molar-refractivity contribution in [2.24, 2.45) is 0 Å². The molecule has 2 aromatic carbocycles. The van der Waals surface area contributed by atoms with Gasteiger partial charge in [-0.2, -0.15) is 0 Å². The first-order valence-electron chi connectivity index (χ1n) is 6.43. The second-order valence-electron chi connectivity index (χ2n) is 4.52. The molecule has 0 aliphatic heterocycles. The number of ether oxygens (including phenoxy) is 1. The molecule has 0 spiro atoms. The Morgan fingerprint density at radius 1 is 1.27 bits per heavy atom. The largest absolute Gasteiger partial charge is 0.481 e. The number of nitrogens with one attached hydrogen (secondary N) is 2. The zero-order valence-electron chi connectivity index (χ0n) is 11.3. The number of imidazole rings is 1. The third-order valence-corrected chi connectivity index (χ3v) is 2.98. The van der Waals surface area contributed by atoms with Crippen molar-refractivity contribution in [2.75, 3.05) is 11.9 Å². The number of rotatable bonds is 4. The molecule has 0 fully saturated rings. The van der Waals surface area contributed by atoms with Crippen molar-refractivity contribution in [3.05, 3.63) is 54.4 Å². The second-order valence-corrected chi connectivity index (χ2v) is 4.52. The maximum absolute atomic E-state index is 13.4. The summed E-state index contributed by atoms with van der Waals surface area (Å²) in [7, 11) is 0. The summed E-state index contributed by atoms with van der Waals surface area (Å²) in [6, 6.07) is 8.16. The highest BCUT2D eigenvalue weighted by Gasteiger charge is 2.10. The number of carbonyl (C=O) groups excluding carboxylic acids is 1. The zero-order valence-corrected chi connectivity index (χ0v) is 11.3. The maximum Gasteiger partial charge on any atom is 0.262 e. The first-order valence-corrected chi connectivity index (χ1v) is 6.43. The van der Waals surface area contributed by atoms with E-state index in [-0.39, 0.29) is 5.75 Å². The topological polar surface area (TPSA) is 67.0 Å². The van der Waals surface area contributed by atoms with Crippen molar-refractivity contribution in [2.45, 2.75) is 0 Å². The minimum absolute atomic E-state index is 0.186. The molecule has 1 amide bonds. The molecule has 0 aliphatic carbocycles. The van der Waals surface area contributed by atoms with Gasteiger partial charge in [0.1, 0.15) is 11.3 Å². The summed E-state index contributed by atoms with van der Waals surface area (Å²) in [4.78, 5) is 18.9. The van der Waals surface area contributed by atoms with E-state index < -0.39 is 24.1 Å². The minimum Gasteiger partial charge on any atom is -0.481 e. The maximum atomic E-state index is 13.4. The summed E-state index contributed by atoms with van der Waals surface area (Å²) in [6.07, 6.45) is 1.52. The van der Waals surface area contributed by atoms with Crippen molar-refractivity contribution < 1.29 is 18.3 Å². The summed E-state index contributed by atoms with van der Waals surface area (Å²) in [5.41, 5.74) is 1.92. The van der Waals surface area contributed by atoms with Gasteiger partial charge in [0.2, 0.25) is 0 Å². The van der Waals surface area contributed by atoms with E-state index in [2.05, 4.69) is 15.3 Å². The molecule has 0 saturated heterocycles. The van der Waals surface area contributed by atoms with Crippen molar-refractivity contribution in [1.82, 2.24) is 9.97 Å². The Hall–Kier alpha value is -2.96. The predicted octanol–water partition coefficient (Wildman–Crippen LogP) is 2.86. The number of nitrogens with zero attached hydrogens (tertiary/aromatic N) is 1. The molecule has 112 valence electrons. The first-order chi connectivity index (χ1) is 10.6. The lowest BCUT2D eigenvalue weighted by Crippen LogP contribution is -2.20. The second kappa shape index (κ2) is 5.80. The van der Waals surface area contributed by atoms with Gasteiger partial charge in [0.15, 0.2) is 18.2 Å². The molecule has 3 rings (SSSR count). The molecular formula is C15H11F2N3O2. The number of aromatic amines is 1. The molecule has 2 N–H and O–H groups in total. The van der Waals surface area contributed by atoms with Gasteiger partial charge in [-0.3, -0.25) is 4.79 Å². The van der Waals surface area contributed by atoms with Crippen LogP contribution < -0.4 is 10.1 Å². The molecule has 0 saturated carbocycles. The lowest BCUT2D eigenvalue weighted by atomic mass is 10.2. The number of anilines is 1. The Bertz CT molecular complexity index is 833. The van der Waals surface area contributed by atoms with E-state index in [1.165, 1.54) is 6.33 Å². The monoisotopic (exact) mass is 303 g/mol. The van der Waals surface area contributed by atoms with E-state index >= 15 is 0 Å². The quantitative estimate of drug-likeness (QED) is 0.779. The average molecular weight is 303 g/mol. The third kappa shape index (κ3) is 2.88. The van der Waals surface area contributed by atoms with Crippen molar-refractivity contribution in [3.63, 3.8) is 0 Å². The van der Waals surface area contributed by atoms with Gasteiger partial charge in [0, 0.05) is 6.07 Å². The molecule has 7 heteroatoms. The van der Waals surface area contributed by atoms with Gasteiger partial charge in [-0.1, -0.05) is 6.07 Å². The summed E-state index contributed by atoms with van der Waals surface area (Å²) in [5.74, 6) is -2.23. The van der Waals surface area contributed by atoms with Gasteiger partial charge in [0.05, 0.1) is 17.5 Å². The predicted molar refractivity (Wildman–Crippen MR) is 76.6 cm³/mol. The van der Waals surface area contributed by atoms with Crippen LogP contribution in [0.1, 0.15) is 0 Å². The van der Waals surface area contributed by atoms with Crippen LogP contribution >= 0.6 is 0 Å². The van der Waals surface area contributed by atoms with Crippen molar-refractivity contribution in [3.8, 4) is 5.75 Å². The summed E-state index contributed by atoms with van der Waals surface area (Å²) >= 11 is 0. The highest BCUT2D eigenvalue weighted by molar-refractivity contribution is 5.99. The number of hydrogen-bond donors (Lipinski definition) is 2. The van der Waals surface area contributed by atoms with E-state index in [9.17, 15) is 13.6 Å². The first kappa shape index (κ1) is 14.0. The molecule has 1 heterocycles. The number of benzene rings is 2. The van der Waals surface area contributed by atoms with Gasteiger partial charge in [-0.15, -0.1) is 0 Å². The van der Waals surface area contributed by atoms with Crippen LogP contribution in [0.3, 0.4) is 0 Å². The Morgan fingerprint density at radius 3 is 2.95 bits per heavy atom. The average Bonchev–Trinajstić information content (AvgIpc) is 2.96. The van der Waals surface area contributed by atoms with E-state index in [1.54, 1.807) is 12.1 Å². The van der Waals surface area contributed by atoms with E-state index in [4.69, 9.17) is 4.74 Å².